The summed E-state index contributed by atoms with van der Waals surface area (Å²) in [5.74, 6) is 1.49. The number of fused-ring (bicyclic) bond motifs is 1. The fourth-order valence-electron chi connectivity index (χ4n) is 8.11. The highest BCUT2D eigenvalue weighted by Crippen LogP contribution is 2.56. The van der Waals surface area contributed by atoms with Crippen LogP contribution in [0.3, 0.4) is 0 Å². The molecule has 0 amide bonds. The van der Waals surface area contributed by atoms with E-state index in [0.29, 0.717) is 22.4 Å². The first-order valence-electron chi connectivity index (χ1n) is 14.5. The number of rotatable bonds is 6. The number of carbonyl (C=O) groups is 2. The van der Waals surface area contributed by atoms with Gasteiger partial charge in [-0.05, 0) is 86.4 Å². The van der Waals surface area contributed by atoms with Crippen LogP contribution in [0.5, 0.6) is 0 Å². The Morgan fingerprint density at radius 1 is 1.07 bits per heavy atom. The molecule has 5 fully saturated rings. The summed E-state index contributed by atoms with van der Waals surface area (Å²) in [5, 5.41) is 9.21. The van der Waals surface area contributed by atoms with E-state index in [0.717, 1.165) is 42.6 Å². The quantitative estimate of drug-likeness (QED) is 0.300. The van der Waals surface area contributed by atoms with Gasteiger partial charge in [0.25, 0.3) is 0 Å². The van der Waals surface area contributed by atoms with Gasteiger partial charge in [0.1, 0.15) is 5.82 Å². The number of ether oxygens (including phenoxy) is 3. The molecule has 41 heavy (non-hydrogen) atoms. The average molecular weight is 580 g/mol. The molecular formula is C30H34ClN5O5. The lowest BCUT2D eigenvalue weighted by molar-refractivity contribution is -0.157. The van der Waals surface area contributed by atoms with Crippen LogP contribution in [0.1, 0.15) is 74.5 Å². The van der Waals surface area contributed by atoms with Crippen LogP contribution in [-0.4, -0.2) is 49.6 Å². The van der Waals surface area contributed by atoms with Gasteiger partial charge in [-0.1, -0.05) is 25.1 Å². The zero-order valence-corrected chi connectivity index (χ0v) is 24.1. The summed E-state index contributed by atoms with van der Waals surface area (Å²) in [4.78, 5) is 34.2. The van der Waals surface area contributed by atoms with Crippen molar-refractivity contribution in [3.63, 3.8) is 0 Å². The van der Waals surface area contributed by atoms with Crippen LogP contribution in [-0.2, 0) is 19.0 Å². The van der Waals surface area contributed by atoms with Crippen LogP contribution in [0, 0.1) is 30.6 Å². The maximum atomic E-state index is 13.0. The van der Waals surface area contributed by atoms with Crippen LogP contribution in [0.4, 0.5) is 5.82 Å². The third-order valence-electron chi connectivity index (χ3n) is 9.48. The number of hydrogen-bond acceptors (Lipinski definition) is 9. The lowest BCUT2D eigenvalue weighted by atomic mass is 9.53. The van der Waals surface area contributed by atoms with Crippen LogP contribution < -0.4 is 5.32 Å². The Labute approximate surface area is 243 Å². The summed E-state index contributed by atoms with van der Waals surface area (Å²) < 4.78 is 19.3. The number of esters is 2. The predicted molar refractivity (Wildman–Crippen MR) is 150 cm³/mol. The van der Waals surface area contributed by atoms with E-state index in [1.54, 1.807) is 23.0 Å². The number of aryl methyl sites for hydroxylation is 1. The number of anilines is 1. The Morgan fingerprint density at radius 2 is 1.76 bits per heavy atom. The Kier molecular flexibility index (Phi) is 6.46. The van der Waals surface area contributed by atoms with Gasteiger partial charge in [0.2, 0.25) is 11.6 Å². The van der Waals surface area contributed by atoms with E-state index in [1.807, 2.05) is 26.0 Å². The number of halogens is 1. The smallest absolute Gasteiger partial charge is 0.340 e. The molecule has 10 nitrogen and oxygen atoms in total. The lowest BCUT2D eigenvalue weighted by Gasteiger charge is -2.57. The summed E-state index contributed by atoms with van der Waals surface area (Å²) >= 11 is 6.48. The van der Waals surface area contributed by atoms with Gasteiger partial charge in [-0.3, -0.25) is 4.79 Å². The number of nitrogens with zero attached hydrogens (tertiary/aromatic N) is 4. The molecule has 4 saturated carbocycles. The predicted octanol–water partition coefficient (Wildman–Crippen LogP) is 5.45. The molecule has 1 unspecified atom stereocenters. The molecule has 0 radical (unpaired) electrons. The Bertz CT molecular complexity index is 1490. The standard InChI is InChI=1S/C30H34ClN5O5/c1-15-6-4-5-7-21(15)27(38)41-28-16(2)23(39-17(3)37)26(40-28)36-25-22(14-32-36)24(33-29(31)34-25)35-30-11-18-8-19(12-30)10-20(9-18)13-30/h4-7,14,16,18-20,23,26,28H,8-13H2,1-3H3,(H,33,34,35)/t16?,18?,19?,20?,23-,26-,28+,30?/m1/s1. The van der Waals surface area contributed by atoms with Crippen molar-refractivity contribution in [3.05, 3.63) is 46.9 Å². The summed E-state index contributed by atoms with van der Waals surface area (Å²) in [6.45, 7) is 5.00. The Balaban J connectivity index is 1.20. The zero-order valence-electron chi connectivity index (χ0n) is 23.4. The summed E-state index contributed by atoms with van der Waals surface area (Å²) in [6.07, 6.45) is 6.48. The molecule has 1 N–H and O–H groups in total. The molecule has 1 saturated heterocycles. The SMILES string of the molecule is CC(=O)O[C@@H]1C(C)[C@H](OC(=O)c2ccccc2C)O[C@H]1n1ncc2c(NC34CC5CC(CC(C5)C3)C4)nc(Cl)nc21. The first kappa shape index (κ1) is 26.6. The lowest BCUT2D eigenvalue weighted by Crippen LogP contribution is -2.54. The summed E-state index contributed by atoms with van der Waals surface area (Å²) in [5.41, 5.74) is 1.70. The Morgan fingerprint density at radius 3 is 2.41 bits per heavy atom. The monoisotopic (exact) mass is 579 g/mol. The fourth-order valence-corrected chi connectivity index (χ4v) is 8.27. The molecule has 3 aromatic rings. The van der Waals surface area contributed by atoms with Gasteiger partial charge in [-0.15, -0.1) is 0 Å². The molecule has 4 atom stereocenters. The van der Waals surface area contributed by atoms with Gasteiger partial charge in [0.15, 0.2) is 18.0 Å². The third-order valence-corrected chi connectivity index (χ3v) is 9.65. The number of hydrogen-bond donors (Lipinski definition) is 1. The number of carbonyl (C=O) groups excluding carboxylic acids is 2. The van der Waals surface area contributed by atoms with E-state index in [4.69, 9.17) is 25.8 Å². The fraction of sp³-hybridized carbons (Fsp3) is 0.567. The Hall–Kier alpha value is -3.24. The van der Waals surface area contributed by atoms with Crippen molar-refractivity contribution >= 4 is 40.4 Å². The van der Waals surface area contributed by atoms with Crippen LogP contribution in [0.25, 0.3) is 11.0 Å². The van der Waals surface area contributed by atoms with E-state index >= 15 is 0 Å². The molecule has 0 spiro atoms. The minimum Gasteiger partial charge on any atom is -0.457 e. The molecule has 4 aliphatic carbocycles. The topological polar surface area (TPSA) is 117 Å². The largest absolute Gasteiger partial charge is 0.457 e. The first-order chi connectivity index (χ1) is 19.7. The van der Waals surface area contributed by atoms with Crippen LogP contribution in [0.2, 0.25) is 5.28 Å². The van der Waals surface area contributed by atoms with E-state index < -0.39 is 36.5 Å². The second-order valence-corrected chi connectivity index (χ2v) is 12.9. The number of nitrogens with one attached hydrogen (secondary N) is 1. The zero-order chi connectivity index (χ0) is 28.5. The third kappa shape index (κ3) is 4.74. The molecule has 216 valence electrons. The molecule has 1 aromatic carbocycles. The van der Waals surface area contributed by atoms with E-state index in [9.17, 15) is 9.59 Å². The second-order valence-electron chi connectivity index (χ2n) is 12.5. The molecule has 3 heterocycles. The molecule has 2 aromatic heterocycles. The van der Waals surface area contributed by atoms with E-state index in [1.165, 1.54) is 26.2 Å². The van der Waals surface area contributed by atoms with Gasteiger partial charge >= 0.3 is 11.9 Å². The highest BCUT2D eigenvalue weighted by Gasteiger charge is 2.52. The first-order valence-corrected chi connectivity index (χ1v) is 14.8. The number of aromatic nitrogens is 4. The van der Waals surface area contributed by atoms with Crippen molar-refractivity contribution in [2.24, 2.45) is 23.7 Å². The maximum Gasteiger partial charge on any atom is 0.340 e. The minimum absolute atomic E-state index is 0.00891. The molecular weight excluding hydrogens is 546 g/mol. The molecule has 11 heteroatoms. The van der Waals surface area contributed by atoms with Crippen molar-refractivity contribution < 1.29 is 23.8 Å². The maximum absolute atomic E-state index is 13.0. The van der Waals surface area contributed by atoms with Gasteiger partial charge in [0.05, 0.1) is 23.1 Å². The molecule has 8 rings (SSSR count). The van der Waals surface area contributed by atoms with E-state index in [-0.39, 0.29) is 10.8 Å². The highest BCUT2D eigenvalue weighted by molar-refractivity contribution is 6.28. The molecule has 1 aliphatic heterocycles. The van der Waals surface area contributed by atoms with Crippen molar-refractivity contribution in [1.82, 2.24) is 19.7 Å². The molecule has 4 bridgehead atoms. The van der Waals surface area contributed by atoms with Gasteiger partial charge < -0.3 is 19.5 Å². The van der Waals surface area contributed by atoms with Crippen molar-refractivity contribution in [3.8, 4) is 0 Å². The second kappa shape index (κ2) is 9.94. The average Bonchev–Trinajstić information content (AvgIpc) is 3.44. The van der Waals surface area contributed by atoms with E-state index in [2.05, 4.69) is 20.4 Å². The van der Waals surface area contributed by atoms with Gasteiger partial charge in [-0.2, -0.15) is 15.1 Å². The minimum atomic E-state index is -0.974. The van der Waals surface area contributed by atoms with Crippen LogP contribution in [0.15, 0.2) is 30.5 Å². The molecule has 5 aliphatic rings. The van der Waals surface area contributed by atoms with Crippen molar-refractivity contribution in [1.29, 1.82) is 0 Å². The van der Waals surface area contributed by atoms with Crippen molar-refractivity contribution in [2.45, 2.75) is 83.5 Å². The highest BCUT2D eigenvalue weighted by atomic mass is 35.5. The van der Waals surface area contributed by atoms with Gasteiger partial charge in [0, 0.05) is 12.5 Å². The normalized spacial score (nSPS) is 33.7. The van der Waals surface area contributed by atoms with Crippen LogP contribution >= 0.6 is 11.6 Å². The van der Waals surface area contributed by atoms with Crippen molar-refractivity contribution in [2.75, 3.05) is 5.32 Å². The van der Waals surface area contributed by atoms with Gasteiger partial charge in [-0.25, -0.2) is 9.48 Å². The summed E-state index contributed by atoms with van der Waals surface area (Å²) in [6, 6.07) is 7.18. The number of benzene rings is 1. The summed E-state index contributed by atoms with van der Waals surface area (Å²) in [7, 11) is 0.